The molecule has 0 atom stereocenters. The lowest BCUT2D eigenvalue weighted by atomic mass is 10.2. The molecule has 0 unspecified atom stereocenters. The number of nitro groups is 1. The minimum absolute atomic E-state index is 0.0121. The molecule has 9 nitrogen and oxygen atoms in total. The first-order valence-electron chi connectivity index (χ1n) is 6.55. The average molecular weight is 310 g/mol. The predicted molar refractivity (Wildman–Crippen MR) is 79.0 cm³/mol. The van der Waals surface area contributed by atoms with Crippen molar-refractivity contribution in [1.29, 1.82) is 0 Å². The molecule has 114 valence electrons. The summed E-state index contributed by atoms with van der Waals surface area (Å²) in [5.41, 5.74) is 1.07. The molecule has 0 bridgehead atoms. The number of hydrogen-bond acceptors (Lipinski definition) is 7. The molecule has 0 aliphatic carbocycles. The van der Waals surface area contributed by atoms with Crippen molar-refractivity contribution in [2.24, 2.45) is 0 Å². The van der Waals surface area contributed by atoms with E-state index < -0.39 is 4.92 Å². The maximum Gasteiger partial charge on any atom is 0.269 e. The molecule has 2 heterocycles. The number of non-ortho nitro benzene ring substituents is 1. The largest absolute Gasteiger partial charge is 0.293 e. The molecule has 0 amide bonds. The Balaban J connectivity index is 1.98. The summed E-state index contributed by atoms with van der Waals surface area (Å²) < 4.78 is 1.44. The van der Waals surface area contributed by atoms with Crippen LogP contribution in [0.25, 0.3) is 17.2 Å². The third-order valence-corrected chi connectivity index (χ3v) is 3.06. The average Bonchev–Trinajstić information content (AvgIpc) is 3.04. The lowest BCUT2D eigenvalue weighted by Crippen LogP contribution is -2.03. The lowest BCUT2D eigenvalue weighted by molar-refractivity contribution is -0.384. The fourth-order valence-electron chi connectivity index (χ4n) is 1.98. The van der Waals surface area contributed by atoms with E-state index in [0.29, 0.717) is 11.4 Å². The molecule has 0 saturated carbocycles. The van der Waals surface area contributed by atoms with E-state index in [1.165, 1.54) is 42.5 Å². The normalized spacial score (nSPS) is 10.5. The Kier molecular flexibility index (Phi) is 3.59. The second-order valence-electron chi connectivity index (χ2n) is 4.60. The van der Waals surface area contributed by atoms with E-state index in [2.05, 4.69) is 20.1 Å². The summed E-state index contributed by atoms with van der Waals surface area (Å²) in [5, 5.41) is 14.9. The number of Topliss-reactive ketones (excluding diaryl/α,β-unsaturated/α-hetero) is 1. The highest BCUT2D eigenvalue weighted by molar-refractivity contribution is 5.96. The topological polar surface area (TPSA) is 117 Å². The third-order valence-electron chi connectivity index (χ3n) is 3.06. The fourth-order valence-corrected chi connectivity index (χ4v) is 1.98. The highest BCUT2D eigenvalue weighted by Crippen LogP contribution is 2.18. The van der Waals surface area contributed by atoms with Crippen molar-refractivity contribution < 1.29 is 9.72 Å². The Morgan fingerprint density at radius 3 is 2.48 bits per heavy atom. The number of benzene rings is 1. The van der Waals surface area contributed by atoms with Gasteiger partial charge < -0.3 is 0 Å². The summed E-state index contributed by atoms with van der Waals surface area (Å²) in [6, 6.07) is 5.86. The van der Waals surface area contributed by atoms with Gasteiger partial charge in [-0.25, -0.2) is 19.6 Å². The second-order valence-corrected chi connectivity index (χ2v) is 4.60. The van der Waals surface area contributed by atoms with Crippen LogP contribution < -0.4 is 0 Å². The molecule has 0 radical (unpaired) electrons. The first kappa shape index (κ1) is 14.4. The van der Waals surface area contributed by atoms with Crippen molar-refractivity contribution >= 4 is 11.5 Å². The van der Waals surface area contributed by atoms with Crippen molar-refractivity contribution in [3.63, 3.8) is 0 Å². The number of ketones is 1. The highest BCUT2D eigenvalue weighted by atomic mass is 16.6. The third kappa shape index (κ3) is 2.79. The number of nitrogens with zero attached hydrogens (tertiary/aromatic N) is 6. The molecular formula is C14H10N6O3. The maximum atomic E-state index is 11.6. The Morgan fingerprint density at radius 2 is 1.83 bits per heavy atom. The lowest BCUT2D eigenvalue weighted by Gasteiger charge is -2.01. The molecule has 0 saturated heterocycles. The Labute approximate surface area is 129 Å². The number of rotatable bonds is 4. The van der Waals surface area contributed by atoms with Crippen LogP contribution in [0.2, 0.25) is 0 Å². The van der Waals surface area contributed by atoms with Crippen LogP contribution in [-0.4, -0.2) is 35.4 Å². The van der Waals surface area contributed by atoms with E-state index in [1.54, 1.807) is 12.1 Å². The quantitative estimate of drug-likeness (QED) is 0.410. The van der Waals surface area contributed by atoms with E-state index in [4.69, 9.17) is 0 Å². The molecule has 0 N–H and O–H groups in total. The van der Waals surface area contributed by atoms with Gasteiger partial charge in [-0.2, -0.15) is 0 Å². The highest BCUT2D eigenvalue weighted by Gasteiger charge is 2.16. The van der Waals surface area contributed by atoms with Crippen molar-refractivity contribution in [3.05, 3.63) is 58.8 Å². The maximum absolute atomic E-state index is 11.6. The number of nitro benzene ring substituents is 1. The van der Waals surface area contributed by atoms with Gasteiger partial charge in [0.25, 0.3) is 5.69 Å². The van der Waals surface area contributed by atoms with Crippen LogP contribution >= 0.6 is 0 Å². The fraction of sp³-hybridized carbons (Fsp3) is 0.0714. The Hall–Kier alpha value is -3.49. The van der Waals surface area contributed by atoms with E-state index in [0.717, 1.165) is 0 Å². The SMILES string of the molecule is CC(=O)c1nccnc1-c1ncn(-c2ccc([N+](=O)[O-])cc2)n1. The summed E-state index contributed by atoms with van der Waals surface area (Å²) >= 11 is 0. The monoisotopic (exact) mass is 310 g/mol. The Bertz CT molecular complexity index is 888. The molecule has 0 aliphatic heterocycles. The van der Waals surface area contributed by atoms with E-state index >= 15 is 0 Å². The first-order valence-corrected chi connectivity index (χ1v) is 6.55. The van der Waals surface area contributed by atoms with Gasteiger partial charge in [0, 0.05) is 31.5 Å². The Morgan fingerprint density at radius 1 is 1.13 bits per heavy atom. The van der Waals surface area contributed by atoms with Crippen molar-refractivity contribution in [1.82, 2.24) is 24.7 Å². The molecule has 3 aromatic rings. The molecule has 9 heteroatoms. The molecule has 0 fully saturated rings. The summed E-state index contributed by atoms with van der Waals surface area (Å²) in [6.07, 6.45) is 4.32. The van der Waals surface area contributed by atoms with Gasteiger partial charge in [-0.15, -0.1) is 5.10 Å². The van der Waals surface area contributed by atoms with Gasteiger partial charge in [0.15, 0.2) is 5.78 Å². The van der Waals surface area contributed by atoms with Crippen LogP contribution in [0, 0.1) is 10.1 Å². The van der Waals surface area contributed by atoms with Crippen molar-refractivity contribution in [2.45, 2.75) is 6.92 Å². The molecule has 1 aromatic carbocycles. The smallest absolute Gasteiger partial charge is 0.269 e. The van der Waals surface area contributed by atoms with Crippen LogP contribution in [0.1, 0.15) is 17.4 Å². The van der Waals surface area contributed by atoms with Gasteiger partial charge in [-0.05, 0) is 12.1 Å². The minimum Gasteiger partial charge on any atom is -0.293 e. The summed E-state index contributed by atoms with van der Waals surface area (Å²) in [4.78, 5) is 34.0. The van der Waals surface area contributed by atoms with Crippen LogP contribution in [0.3, 0.4) is 0 Å². The van der Waals surface area contributed by atoms with Gasteiger partial charge in [0.05, 0.1) is 10.6 Å². The number of hydrogen-bond donors (Lipinski definition) is 0. The molecule has 0 aliphatic rings. The van der Waals surface area contributed by atoms with E-state index in [-0.39, 0.29) is 23.0 Å². The van der Waals surface area contributed by atoms with Gasteiger partial charge in [-0.3, -0.25) is 14.9 Å². The zero-order chi connectivity index (χ0) is 16.4. The number of aromatic nitrogens is 5. The van der Waals surface area contributed by atoms with Crippen LogP contribution in [0.4, 0.5) is 5.69 Å². The summed E-state index contributed by atoms with van der Waals surface area (Å²) in [6.45, 7) is 1.39. The van der Waals surface area contributed by atoms with Gasteiger partial charge >= 0.3 is 0 Å². The number of carbonyl (C=O) groups is 1. The van der Waals surface area contributed by atoms with E-state index in [9.17, 15) is 14.9 Å². The summed E-state index contributed by atoms with van der Waals surface area (Å²) in [7, 11) is 0. The van der Waals surface area contributed by atoms with Crippen molar-refractivity contribution in [3.8, 4) is 17.2 Å². The molecule has 23 heavy (non-hydrogen) atoms. The second kappa shape index (κ2) is 5.72. The number of carbonyl (C=O) groups excluding carboxylic acids is 1. The van der Waals surface area contributed by atoms with E-state index in [1.807, 2.05) is 0 Å². The van der Waals surface area contributed by atoms with Gasteiger partial charge in [0.2, 0.25) is 5.82 Å². The molecule has 2 aromatic heterocycles. The zero-order valence-corrected chi connectivity index (χ0v) is 11.9. The van der Waals surface area contributed by atoms with Crippen LogP contribution in [0.15, 0.2) is 43.0 Å². The van der Waals surface area contributed by atoms with Crippen LogP contribution in [-0.2, 0) is 0 Å². The summed E-state index contributed by atoms with van der Waals surface area (Å²) in [5.74, 6) is 0.0152. The molecular weight excluding hydrogens is 300 g/mol. The minimum atomic E-state index is -0.477. The first-order chi connectivity index (χ1) is 11.1. The predicted octanol–water partition coefficient (Wildman–Crippen LogP) is 1.84. The van der Waals surface area contributed by atoms with Gasteiger partial charge in [0.1, 0.15) is 17.7 Å². The van der Waals surface area contributed by atoms with Crippen molar-refractivity contribution in [2.75, 3.05) is 0 Å². The van der Waals surface area contributed by atoms with Crippen LogP contribution in [0.5, 0.6) is 0 Å². The molecule has 0 spiro atoms. The van der Waals surface area contributed by atoms with Gasteiger partial charge in [-0.1, -0.05) is 0 Å². The zero-order valence-electron chi connectivity index (χ0n) is 11.9. The molecule has 3 rings (SSSR count). The standard InChI is InChI=1S/C14H10N6O3/c1-9(21)12-13(16-7-6-15-12)14-17-8-19(18-14)10-2-4-11(5-3-10)20(22)23/h2-8H,1H3.